The molecule has 0 aromatic heterocycles. The second kappa shape index (κ2) is 17.8. The maximum atomic E-state index is 5.74. The monoisotopic (exact) mass is 541 g/mol. The van der Waals surface area contributed by atoms with Crippen LogP contribution < -0.4 is 15.4 Å². The Hall–Kier alpha value is -1.84. The highest BCUT2D eigenvalue weighted by atomic mass is 127. The fourth-order valence-corrected chi connectivity index (χ4v) is 2.85. The van der Waals surface area contributed by atoms with Gasteiger partial charge in [0.1, 0.15) is 5.75 Å². The molecule has 0 heterocycles. The van der Waals surface area contributed by atoms with Gasteiger partial charge >= 0.3 is 0 Å². The molecule has 0 spiro atoms. The number of benzene rings is 2. The van der Waals surface area contributed by atoms with Gasteiger partial charge in [-0.25, -0.2) is 0 Å². The summed E-state index contributed by atoms with van der Waals surface area (Å²) in [7, 11) is 3.47. The van der Waals surface area contributed by atoms with E-state index in [1.54, 1.807) is 14.2 Å². The third-order valence-corrected chi connectivity index (χ3v) is 4.47. The van der Waals surface area contributed by atoms with Crippen LogP contribution in [-0.2, 0) is 15.9 Å². The Morgan fingerprint density at radius 3 is 2.52 bits per heavy atom. The van der Waals surface area contributed by atoms with E-state index in [2.05, 4.69) is 39.9 Å². The third kappa shape index (κ3) is 12.6. The molecule has 0 radical (unpaired) electrons. The summed E-state index contributed by atoms with van der Waals surface area (Å²) >= 11 is 0. The van der Waals surface area contributed by atoms with E-state index < -0.39 is 0 Å². The van der Waals surface area contributed by atoms with Gasteiger partial charge in [-0.3, -0.25) is 4.99 Å². The Morgan fingerprint density at radius 1 is 0.903 bits per heavy atom. The SMILES string of the molecule is CN=C(NCCCCOCCc1ccccc1)Nc1cccc(OCCCOC)c1.I. The lowest BCUT2D eigenvalue weighted by atomic mass is 10.2. The lowest BCUT2D eigenvalue weighted by molar-refractivity contribution is 0.133. The van der Waals surface area contributed by atoms with Gasteiger partial charge in [0.25, 0.3) is 0 Å². The maximum absolute atomic E-state index is 5.74. The van der Waals surface area contributed by atoms with Gasteiger partial charge in [-0.05, 0) is 37.0 Å². The number of halogens is 1. The van der Waals surface area contributed by atoms with Gasteiger partial charge in [-0.1, -0.05) is 36.4 Å². The first-order valence-corrected chi connectivity index (χ1v) is 10.6. The molecule has 2 N–H and O–H groups in total. The van der Waals surface area contributed by atoms with Crippen molar-refractivity contribution < 1.29 is 14.2 Å². The molecule has 31 heavy (non-hydrogen) atoms. The second-order valence-corrected chi connectivity index (χ2v) is 6.90. The van der Waals surface area contributed by atoms with Crippen molar-refractivity contribution in [3.8, 4) is 5.75 Å². The number of anilines is 1. The number of rotatable bonds is 14. The molecule has 2 aromatic carbocycles. The first-order chi connectivity index (χ1) is 14.8. The zero-order chi connectivity index (χ0) is 21.3. The summed E-state index contributed by atoms with van der Waals surface area (Å²) in [5.74, 6) is 1.58. The van der Waals surface area contributed by atoms with Crippen molar-refractivity contribution in [2.45, 2.75) is 25.7 Å². The Balaban J connectivity index is 0.00000480. The van der Waals surface area contributed by atoms with E-state index in [9.17, 15) is 0 Å². The summed E-state index contributed by atoms with van der Waals surface area (Å²) < 4.78 is 16.5. The predicted molar refractivity (Wildman–Crippen MR) is 139 cm³/mol. The zero-order valence-corrected chi connectivity index (χ0v) is 21.0. The molecule has 0 amide bonds. The van der Waals surface area contributed by atoms with Crippen LogP contribution in [0, 0.1) is 0 Å². The number of hydrogen-bond acceptors (Lipinski definition) is 4. The maximum Gasteiger partial charge on any atom is 0.195 e. The van der Waals surface area contributed by atoms with Crippen LogP contribution >= 0.6 is 24.0 Å². The van der Waals surface area contributed by atoms with Crippen molar-refractivity contribution in [2.24, 2.45) is 4.99 Å². The van der Waals surface area contributed by atoms with E-state index in [-0.39, 0.29) is 24.0 Å². The molecule has 6 nitrogen and oxygen atoms in total. The average molecular weight is 541 g/mol. The number of aliphatic imine (C=N–C) groups is 1. The zero-order valence-electron chi connectivity index (χ0n) is 18.6. The number of hydrogen-bond donors (Lipinski definition) is 2. The first-order valence-electron chi connectivity index (χ1n) is 10.6. The molecule has 2 rings (SSSR count). The van der Waals surface area contributed by atoms with E-state index >= 15 is 0 Å². The summed E-state index contributed by atoms with van der Waals surface area (Å²) in [5.41, 5.74) is 2.26. The number of methoxy groups -OCH3 is 1. The Kier molecular flexibility index (Phi) is 15.6. The molecule has 0 unspecified atom stereocenters. The lowest BCUT2D eigenvalue weighted by Crippen LogP contribution is -2.31. The van der Waals surface area contributed by atoms with Crippen molar-refractivity contribution in [3.05, 3.63) is 60.2 Å². The van der Waals surface area contributed by atoms with E-state index in [4.69, 9.17) is 14.2 Å². The van der Waals surface area contributed by atoms with Crippen LogP contribution in [0.15, 0.2) is 59.6 Å². The molecule has 172 valence electrons. The molecule has 2 aromatic rings. The molecular weight excluding hydrogens is 505 g/mol. The highest BCUT2D eigenvalue weighted by Gasteiger charge is 2.01. The van der Waals surface area contributed by atoms with Gasteiger partial charge < -0.3 is 24.8 Å². The van der Waals surface area contributed by atoms with Crippen molar-refractivity contribution in [1.82, 2.24) is 5.32 Å². The smallest absolute Gasteiger partial charge is 0.195 e. The van der Waals surface area contributed by atoms with Crippen LogP contribution in [0.5, 0.6) is 5.75 Å². The van der Waals surface area contributed by atoms with Crippen LogP contribution in [0.3, 0.4) is 0 Å². The van der Waals surface area contributed by atoms with Gasteiger partial charge in [0, 0.05) is 52.1 Å². The van der Waals surface area contributed by atoms with Crippen molar-refractivity contribution >= 4 is 35.6 Å². The molecule has 0 saturated heterocycles. The van der Waals surface area contributed by atoms with Crippen molar-refractivity contribution in [1.29, 1.82) is 0 Å². The fourth-order valence-electron chi connectivity index (χ4n) is 2.85. The van der Waals surface area contributed by atoms with E-state index in [1.807, 2.05) is 30.3 Å². The predicted octanol–water partition coefficient (Wildman–Crippen LogP) is 4.75. The Bertz CT molecular complexity index is 729. The van der Waals surface area contributed by atoms with Crippen LogP contribution in [0.4, 0.5) is 5.69 Å². The van der Waals surface area contributed by atoms with E-state index in [0.29, 0.717) is 13.2 Å². The summed E-state index contributed by atoms with van der Waals surface area (Å²) in [5, 5.41) is 6.64. The number of guanidine groups is 1. The van der Waals surface area contributed by atoms with Crippen molar-refractivity contribution in [2.75, 3.05) is 52.4 Å². The van der Waals surface area contributed by atoms with Crippen LogP contribution in [-0.4, -0.2) is 53.1 Å². The summed E-state index contributed by atoms with van der Waals surface area (Å²) in [4.78, 5) is 4.29. The van der Waals surface area contributed by atoms with Gasteiger partial charge in [0.2, 0.25) is 0 Å². The first kappa shape index (κ1) is 27.2. The summed E-state index contributed by atoms with van der Waals surface area (Å²) in [6.45, 7) is 3.73. The minimum Gasteiger partial charge on any atom is -0.493 e. The molecule has 0 aliphatic carbocycles. The minimum absolute atomic E-state index is 0. The standard InChI is InChI=1S/C24H35N3O3.HI/c1-25-24(27-22-12-8-13-23(20-22)30-18-9-16-28-2)26-15-6-7-17-29-19-14-21-10-4-3-5-11-21;/h3-5,8,10-13,20H,6-7,9,14-19H2,1-2H3,(H2,25,26,27);1H. The molecule has 0 atom stereocenters. The summed E-state index contributed by atoms with van der Waals surface area (Å²) in [6, 6.07) is 18.3. The third-order valence-electron chi connectivity index (χ3n) is 4.47. The van der Waals surface area contributed by atoms with Gasteiger partial charge in [-0.2, -0.15) is 0 Å². The van der Waals surface area contributed by atoms with E-state index in [1.165, 1.54) is 5.56 Å². The second-order valence-electron chi connectivity index (χ2n) is 6.90. The van der Waals surface area contributed by atoms with Crippen LogP contribution in [0.2, 0.25) is 0 Å². The normalized spacial score (nSPS) is 11.0. The number of nitrogens with one attached hydrogen (secondary N) is 2. The highest BCUT2D eigenvalue weighted by Crippen LogP contribution is 2.17. The quantitative estimate of drug-likeness (QED) is 0.157. The van der Waals surface area contributed by atoms with Gasteiger partial charge in [-0.15, -0.1) is 24.0 Å². The Morgan fingerprint density at radius 2 is 1.74 bits per heavy atom. The fraction of sp³-hybridized carbons (Fsp3) is 0.458. The van der Waals surface area contributed by atoms with Gasteiger partial charge in [0.15, 0.2) is 5.96 Å². The lowest BCUT2D eigenvalue weighted by Gasteiger charge is -2.13. The highest BCUT2D eigenvalue weighted by molar-refractivity contribution is 14.0. The number of unbranched alkanes of at least 4 members (excludes halogenated alkanes) is 1. The number of ether oxygens (including phenoxy) is 3. The number of nitrogens with zero attached hydrogens (tertiary/aromatic N) is 1. The molecule has 0 bridgehead atoms. The largest absolute Gasteiger partial charge is 0.493 e. The Labute approximate surface area is 203 Å². The van der Waals surface area contributed by atoms with Crippen molar-refractivity contribution in [3.63, 3.8) is 0 Å². The molecular formula is C24H36IN3O3. The minimum atomic E-state index is 0. The molecule has 0 aliphatic heterocycles. The van der Waals surface area contributed by atoms with Crippen LogP contribution in [0.1, 0.15) is 24.8 Å². The van der Waals surface area contributed by atoms with Gasteiger partial charge in [0.05, 0.1) is 13.2 Å². The molecule has 0 aliphatic rings. The van der Waals surface area contributed by atoms with Crippen LogP contribution in [0.25, 0.3) is 0 Å². The molecule has 0 saturated carbocycles. The average Bonchev–Trinajstić information content (AvgIpc) is 2.78. The molecule has 0 fully saturated rings. The molecule has 7 heteroatoms. The summed E-state index contributed by atoms with van der Waals surface area (Å²) in [6.07, 6.45) is 3.87. The van der Waals surface area contributed by atoms with E-state index in [0.717, 1.165) is 62.8 Å². The topological polar surface area (TPSA) is 64.1 Å².